The Hall–Kier alpha value is -1.54. The van der Waals surface area contributed by atoms with E-state index >= 15 is 0 Å². The highest BCUT2D eigenvalue weighted by atomic mass is 32.2. The summed E-state index contributed by atoms with van der Waals surface area (Å²) in [7, 11) is 0. The van der Waals surface area contributed by atoms with Crippen LogP contribution in [0, 0.1) is 0 Å². The molecule has 0 radical (unpaired) electrons. The lowest BCUT2D eigenvalue weighted by Crippen LogP contribution is -2.68. The number of carboxylic acid groups (broad SMARTS) is 1. The Morgan fingerprint density at radius 1 is 1.61 bits per heavy atom. The minimum atomic E-state index is -1.19. The molecule has 8 heteroatoms. The number of nitrogens with zero attached hydrogens (tertiary/aromatic N) is 1. The highest BCUT2D eigenvalue weighted by molar-refractivity contribution is 8.00. The number of fused-ring (bicyclic) bond motifs is 1. The lowest BCUT2D eigenvalue weighted by atomic mass is 10.1. The number of esters is 1. The molecule has 2 rings (SSSR count). The van der Waals surface area contributed by atoms with Gasteiger partial charge in [0.1, 0.15) is 23.7 Å². The van der Waals surface area contributed by atoms with Crippen LogP contribution >= 0.6 is 11.8 Å². The Kier molecular flexibility index (Phi) is 3.31. The largest absolute Gasteiger partial charge is 0.477 e. The number of β-lactam (4-membered cyclic amide) rings is 1. The Balaban J connectivity index is 2.16. The average molecular weight is 272 g/mol. The highest BCUT2D eigenvalue weighted by Gasteiger charge is 2.51. The van der Waals surface area contributed by atoms with E-state index in [2.05, 4.69) is 0 Å². The molecular formula is C10H12N2O5S. The summed E-state index contributed by atoms with van der Waals surface area (Å²) in [5.74, 6) is -2.02. The van der Waals surface area contributed by atoms with Gasteiger partial charge in [0.05, 0.1) is 5.25 Å². The maximum atomic E-state index is 11.5. The third-order valence-electron chi connectivity index (χ3n) is 2.67. The number of nitrogens with two attached hydrogens (primary N) is 1. The molecule has 0 bridgehead atoms. The molecule has 0 saturated carbocycles. The van der Waals surface area contributed by atoms with E-state index in [9.17, 15) is 14.4 Å². The van der Waals surface area contributed by atoms with Gasteiger partial charge in [-0.25, -0.2) is 4.79 Å². The van der Waals surface area contributed by atoms with Gasteiger partial charge in [0.25, 0.3) is 0 Å². The van der Waals surface area contributed by atoms with Crippen LogP contribution in [0.15, 0.2) is 11.8 Å². The molecule has 2 aliphatic rings. The zero-order valence-electron chi connectivity index (χ0n) is 9.53. The number of carboxylic acids is 1. The van der Waals surface area contributed by atoms with Gasteiger partial charge < -0.3 is 15.6 Å². The molecule has 18 heavy (non-hydrogen) atoms. The Labute approximate surface area is 107 Å². The van der Waals surface area contributed by atoms with Crippen molar-refractivity contribution in [1.82, 2.24) is 4.90 Å². The summed E-state index contributed by atoms with van der Waals surface area (Å²) in [5.41, 5.74) is 5.52. The first-order valence-corrected chi connectivity index (χ1v) is 6.18. The summed E-state index contributed by atoms with van der Waals surface area (Å²) in [6.45, 7) is 1.35. The van der Waals surface area contributed by atoms with Gasteiger partial charge in [-0.05, 0) is 6.08 Å². The lowest BCUT2D eigenvalue weighted by molar-refractivity contribution is -0.148. The normalized spacial score (nSPS) is 30.1. The van der Waals surface area contributed by atoms with Crippen LogP contribution in [0.2, 0.25) is 0 Å². The maximum Gasteiger partial charge on any atom is 0.352 e. The van der Waals surface area contributed by atoms with Gasteiger partial charge >= 0.3 is 11.9 Å². The third-order valence-corrected chi connectivity index (χ3v) is 4.08. The molecule has 0 aromatic carbocycles. The second-order valence-corrected chi connectivity index (χ2v) is 5.32. The van der Waals surface area contributed by atoms with E-state index in [1.54, 1.807) is 0 Å². The molecule has 7 nitrogen and oxygen atoms in total. The Bertz CT molecular complexity index is 450. The minimum Gasteiger partial charge on any atom is -0.477 e. The standard InChI is InChI=1S/C10H12N2O5S/c1-4(13)17-3-5-2-6(10(15)16)12-8(14)7(11)9(12)18-5/h2,5,7,9H,3,11H2,1H3,(H,15,16)/t5?,7?,9-/m1/s1. The van der Waals surface area contributed by atoms with Crippen molar-refractivity contribution in [3.63, 3.8) is 0 Å². The number of ether oxygens (including phenoxy) is 1. The molecule has 3 atom stereocenters. The molecule has 1 amide bonds. The number of amides is 1. The maximum absolute atomic E-state index is 11.5. The molecule has 2 unspecified atom stereocenters. The average Bonchev–Trinajstić information content (AvgIpc) is 2.33. The summed E-state index contributed by atoms with van der Waals surface area (Å²) in [5, 5.41) is 8.34. The second-order valence-electron chi connectivity index (χ2n) is 3.96. The first-order chi connectivity index (χ1) is 8.41. The molecule has 2 aliphatic heterocycles. The van der Waals surface area contributed by atoms with Crippen molar-refractivity contribution in [3.8, 4) is 0 Å². The van der Waals surface area contributed by atoms with Crippen LogP contribution in [0.5, 0.6) is 0 Å². The van der Waals surface area contributed by atoms with Gasteiger partial charge in [0.15, 0.2) is 0 Å². The van der Waals surface area contributed by atoms with Crippen LogP contribution in [0.3, 0.4) is 0 Å². The molecule has 1 fully saturated rings. The number of hydrogen-bond donors (Lipinski definition) is 2. The number of carbonyl (C=O) groups excluding carboxylic acids is 2. The van der Waals surface area contributed by atoms with E-state index in [4.69, 9.17) is 15.6 Å². The van der Waals surface area contributed by atoms with Crippen molar-refractivity contribution < 1.29 is 24.2 Å². The van der Waals surface area contributed by atoms with Gasteiger partial charge in [-0.2, -0.15) is 0 Å². The van der Waals surface area contributed by atoms with E-state index in [1.165, 1.54) is 29.7 Å². The Morgan fingerprint density at radius 2 is 2.28 bits per heavy atom. The van der Waals surface area contributed by atoms with Crippen LogP contribution in [0.4, 0.5) is 0 Å². The summed E-state index contributed by atoms with van der Waals surface area (Å²) < 4.78 is 4.84. The number of carbonyl (C=O) groups is 3. The van der Waals surface area contributed by atoms with Crippen molar-refractivity contribution in [2.24, 2.45) is 5.73 Å². The minimum absolute atomic E-state index is 0.0715. The van der Waals surface area contributed by atoms with Crippen molar-refractivity contribution >= 4 is 29.6 Å². The quantitative estimate of drug-likeness (QED) is 0.507. The number of aliphatic carboxylic acids is 1. The van der Waals surface area contributed by atoms with Crippen molar-refractivity contribution in [3.05, 3.63) is 11.8 Å². The zero-order chi connectivity index (χ0) is 13.4. The molecule has 0 aliphatic carbocycles. The number of rotatable bonds is 3. The second kappa shape index (κ2) is 4.62. The smallest absolute Gasteiger partial charge is 0.352 e. The predicted molar refractivity (Wildman–Crippen MR) is 62.3 cm³/mol. The van der Waals surface area contributed by atoms with Crippen LogP contribution in [0.1, 0.15) is 6.92 Å². The summed E-state index contributed by atoms with van der Waals surface area (Å²) in [6, 6.07) is -0.696. The van der Waals surface area contributed by atoms with Gasteiger partial charge in [0, 0.05) is 6.92 Å². The van der Waals surface area contributed by atoms with E-state index in [1.807, 2.05) is 0 Å². The van der Waals surface area contributed by atoms with E-state index in [-0.39, 0.29) is 17.6 Å². The van der Waals surface area contributed by atoms with Crippen molar-refractivity contribution in [2.45, 2.75) is 23.6 Å². The number of thioether (sulfide) groups is 1. The summed E-state index contributed by atoms with van der Waals surface area (Å²) in [4.78, 5) is 34.4. The summed E-state index contributed by atoms with van der Waals surface area (Å²) in [6.07, 6.45) is 1.41. The highest BCUT2D eigenvalue weighted by Crippen LogP contribution is 2.40. The molecule has 3 N–H and O–H groups in total. The molecule has 2 heterocycles. The van der Waals surface area contributed by atoms with Crippen LogP contribution < -0.4 is 5.73 Å². The van der Waals surface area contributed by atoms with E-state index < -0.39 is 29.3 Å². The monoisotopic (exact) mass is 272 g/mol. The van der Waals surface area contributed by atoms with Gasteiger partial charge in [0.2, 0.25) is 5.91 Å². The van der Waals surface area contributed by atoms with Crippen molar-refractivity contribution in [2.75, 3.05) is 6.61 Å². The fourth-order valence-electron chi connectivity index (χ4n) is 1.82. The first kappa shape index (κ1) is 12.9. The third kappa shape index (κ3) is 2.08. The van der Waals surface area contributed by atoms with Crippen molar-refractivity contribution in [1.29, 1.82) is 0 Å². The Morgan fingerprint density at radius 3 is 2.83 bits per heavy atom. The van der Waals surface area contributed by atoms with Gasteiger partial charge in [-0.1, -0.05) is 0 Å². The van der Waals surface area contributed by atoms with E-state index in [0.717, 1.165) is 0 Å². The lowest BCUT2D eigenvalue weighted by Gasteiger charge is -2.48. The molecule has 0 aromatic heterocycles. The van der Waals surface area contributed by atoms with Crippen LogP contribution in [-0.2, 0) is 19.1 Å². The van der Waals surface area contributed by atoms with Gasteiger partial charge in [-0.15, -0.1) is 11.8 Å². The first-order valence-electron chi connectivity index (χ1n) is 5.24. The molecule has 0 aromatic rings. The molecule has 98 valence electrons. The SMILES string of the molecule is CC(=O)OCC1C=C(C(=O)O)N2C(=O)C(N)[C@H]2S1. The zero-order valence-corrected chi connectivity index (χ0v) is 10.3. The topological polar surface area (TPSA) is 110 Å². The summed E-state index contributed by atoms with van der Waals surface area (Å²) >= 11 is 1.32. The molecular weight excluding hydrogens is 260 g/mol. The molecule has 1 saturated heterocycles. The van der Waals surface area contributed by atoms with Crippen LogP contribution in [-0.4, -0.2) is 51.1 Å². The predicted octanol–water partition coefficient (Wildman–Crippen LogP) is -0.871. The van der Waals surface area contributed by atoms with E-state index in [0.29, 0.717) is 0 Å². The fraction of sp³-hybridized carbons (Fsp3) is 0.500. The fourth-order valence-corrected chi connectivity index (χ4v) is 3.16. The number of hydrogen-bond acceptors (Lipinski definition) is 6. The van der Waals surface area contributed by atoms with Crippen LogP contribution in [0.25, 0.3) is 0 Å². The van der Waals surface area contributed by atoms with Gasteiger partial charge in [-0.3, -0.25) is 14.5 Å². The molecule has 0 spiro atoms.